The zero-order valence-corrected chi connectivity index (χ0v) is 16.8. The average molecular weight is 436 g/mol. The molecule has 2 amide bonds. The monoisotopic (exact) mass is 436 g/mol. The molecule has 5 nitrogen and oxygen atoms in total. The molecule has 0 radical (unpaired) electrons. The van der Waals surface area contributed by atoms with Crippen molar-refractivity contribution in [1.29, 1.82) is 0 Å². The van der Waals surface area contributed by atoms with Crippen LogP contribution in [0.15, 0.2) is 60.4 Å². The minimum Gasteiger partial charge on any atom is -0.474 e. The van der Waals surface area contributed by atoms with Gasteiger partial charge in [-0.05, 0) is 37.6 Å². The number of ether oxygens (including phenoxy) is 1. The van der Waals surface area contributed by atoms with Gasteiger partial charge in [0.2, 0.25) is 5.91 Å². The number of benzene rings is 2. The van der Waals surface area contributed by atoms with Gasteiger partial charge >= 0.3 is 6.18 Å². The lowest BCUT2D eigenvalue weighted by atomic mass is 9.96. The lowest BCUT2D eigenvalue weighted by molar-refractivity contribution is -0.147. The molecule has 0 aromatic heterocycles. The molecule has 0 bridgehead atoms. The summed E-state index contributed by atoms with van der Waals surface area (Å²) >= 11 is 0. The number of carbonyl (C=O) groups is 2. The molecule has 0 fully saturated rings. The molecule has 1 N–H and O–H groups in total. The van der Waals surface area contributed by atoms with Gasteiger partial charge in [-0.2, -0.15) is 13.2 Å². The van der Waals surface area contributed by atoms with E-state index in [1.807, 2.05) is 0 Å². The van der Waals surface area contributed by atoms with Crippen molar-refractivity contribution in [3.8, 4) is 0 Å². The van der Waals surface area contributed by atoms with E-state index in [1.54, 1.807) is 30.3 Å². The maximum absolute atomic E-state index is 13.5. The Labute approximate surface area is 176 Å². The van der Waals surface area contributed by atoms with E-state index in [0.717, 1.165) is 17.0 Å². The van der Waals surface area contributed by atoms with E-state index in [2.05, 4.69) is 5.32 Å². The van der Waals surface area contributed by atoms with E-state index in [-0.39, 0.29) is 23.8 Å². The highest BCUT2D eigenvalue weighted by molar-refractivity contribution is 6.22. The third kappa shape index (κ3) is 4.55. The van der Waals surface area contributed by atoms with Crippen LogP contribution < -0.4 is 5.32 Å². The Morgan fingerprint density at radius 1 is 1.10 bits per heavy atom. The first-order valence-corrected chi connectivity index (χ1v) is 9.33. The predicted molar refractivity (Wildman–Crippen MR) is 106 cm³/mol. The Morgan fingerprint density at radius 2 is 1.77 bits per heavy atom. The van der Waals surface area contributed by atoms with Gasteiger partial charge in [0.1, 0.15) is 18.0 Å². The van der Waals surface area contributed by atoms with Gasteiger partial charge in [0.05, 0.1) is 11.1 Å². The Morgan fingerprint density at radius 3 is 2.39 bits per heavy atom. The second-order valence-corrected chi connectivity index (χ2v) is 7.40. The first kappa shape index (κ1) is 22.3. The number of allylic oxidation sites excluding steroid dienone is 1. The van der Waals surface area contributed by atoms with Crippen molar-refractivity contribution in [3.63, 3.8) is 0 Å². The molecule has 0 unspecified atom stereocenters. The lowest BCUT2D eigenvalue weighted by Gasteiger charge is -2.40. The minimum absolute atomic E-state index is 0.00528. The quantitative estimate of drug-likeness (QED) is 0.696. The summed E-state index contributed by atoms with van der Waals surface area (Å²) in [6, 6.07) is 12.5. The van der Waals surface area contributed by atoms with Crippen LogP contribution in [0.4, 0.5) is 23.2 Å². The van der Waals surface area contributed by atoms with Crippen LogP contribution in [0.25, 0.3) is 5.57 Å². The van der Waals surface area contributed by atoms with Crippen molar-refractivity contribution in [1.82, 2.24) is 4.90 Å². The van der Waals surface area contributed by atoms with Gasteiger partial charge in [0.15, 0.2) is 6.73 Å². The fraction of sp³-hybridized carbons (Fsp3) is 0.273. The molecular weight excluding hydrogens is 416 g/mol. The molecule has 164 valence electrons. The fourth-order valence-corrected chi connectivity index (χ4v) is 3.12. The van der Waals surface area contributed by atoms with Crippen LogP contribution in [0.5, 0.6) is 0 Å². The summed E-state index contributed by atoms with van der Waals surface area (Å²) in [4.78, 5) is 27.2. The largest absolute Gasteiger partial charge is 0.474 e. The first-order valence-electron chi connectivity index (χ1n) is 9.33. The Kier molecular flexibility index (Phi) is 6.06. The number of alkyl halides is 4. The molecule has 2 aromatic carbocycles. The van der Waals surface area contributed by atoms with E-state index >= 15 is 0 Å². The van der Waals surface area contributed by atoms with Gasteiger partial charge < -0.3 is 10.1 Å². The van der Waals surface area contributed by atoms with Crippen molar-refractivity contribution in [2.75, 3.05) is 18.7 Å². The highest BCUT2D eigenvalue weighted by atomic mass is 19.4. The molecule has 1 aliphatic rings. The molecule has 0 spiro atoms. The van der Waals surface area contributed by atoms with Crippen LogP contribution >= 0.6 is 0 Å². The Bertz CT molecular complexity index is 1020. The number of hydrogen-bond acceptors (Lipinski definition) is 3. The normalized spacial score (nSPS) is 15.0. The van der Waals surface area contributed by atoms with Crippen molar-refractivity contribution >= 4 is 23.1 Å². The van der Waals surface area contributed by atoms with Crippen LogP contribution in [0.1, 0.15) is 25.0 Å². The van der Waals surface area contributed by atoms with Crippen molar-refractivity contribution in [2.45, 2.75) is 25.6 Å². The molecule has 3 rings (SSSR count). The molecule has 0 atom stereocenters. The minimum atomic E-state index is -4.56. The molecular formula is C22H20F4N2O3. The summed E-state index contributed by atoms with van der Waals surface area (Å²) < 4.78 is 57.7. The fourth-order valence-electron chi connectivity index (χ4n) is 3.12. The summed E-state index contributed by atoms with van der Waals surface area (Å²) in [5, 5.41) is 2.41. The van der Waals surface area contributed by atoms with Gasteiger partial charge in [0.25, 0.3) is 5.91 Å². The number of halogens is 4. The number of rotatable bonds is 5. The first-order chi connectivity index (χ1) is 14.6. The van der Waals surface area contributed by atoms with Gasteiger partial charge in [-0.3, -0.25) is 14.5 Å². The zero-order chi connectivity index (χ0) is 22.8. The molecule has 0 saturated carbocycles. The van der Waals surface area contributed by atoms with Gasteiger partial charge in [0, 0.05) is 5.69 Å². The van der Waals surface area contributed by atoms with Gasteiger partial charge in [-0.15, -0.1) is 0 Å². The number of hydrogen-bond donors (Lipinski definition) is 1. The van der Waals surface area contributed by atoms with Gasteiger partial charge in [-0.1, -0.05) is 36.4 Å². The highest BCUT2D eigenvalue weighted by Gasteiger charge is 2.43. The molecule has 31 heavy (non-hydrogen) atoms. The van der Waals surface area contributed by atoms with Crippen LogP contribution in [0.2, 0.25) is 0 Å². The summed E-state index contributed by atoms with van der Waals surface area (Å²) in [7, 11) is 0. The maximum atomic E-state index is 13.5. The molecule has 9 heteroatoms. The Balaban J connectivity index is 1.87. The van der Waals surface area contributed by atoms with Crippen LogP contribution in [0.3, 0.4) is 0 Å². The maximum Gasteiger partial charge on any atom is 0.416 e. The van der Waals surface area contributed by atoms with Crippen LogP contribution in [-0.4, -0.2) is 35.7 Å². The summed E-state index contributed by atoms with van der Waals surface area (Å²) in [6.07, 6.45) is -4.56. The third-order valence-electron chi connectivity index (χ3n) is 4.97. The number of carbonyl (C=O) groups excluding carboxylic acids is 2. The summed E-state index contributed by atoms with van der Waals surface area (Å²) in [6.45, 7) is 1.48. The second kappa shape index (κ2) is 8.41. The molecule has 1 heterocycles. The topological polar surface area (TPSA) is 58.6 Å². The Hall–Kier alpha value is -3.36. The lowest BCUT2D eigenvalue weighted by Crippen LogP contribution is -2.57. The van der Waals surface area contributed by atoms with E-state index in [9.17, 15) is 27.2 Å². The standard InChI is InChI=1S/C22H20F4N2O3/c1-21(2,20(30)27-16-10-6-9-15(11-16)22(24,25)26)28-13-31-17(12-23)18(19(28)29)14-7-4-3-5-8-14/h3-11H,12-13H2,1-2H3,(H,27,30). The number of amides is 2. The molecule has 2 aromatic rings. The summed E-state index contributed by atoms with van der Waals surface area (Å²) in [5.41, 5.74) is -2.06. The number of anilines is 1. The van der Waals surface area contributed by atoms with Crippen molar-refractivity contribution < 1.29 is 31.9 Å². The molecule has 0 aliphatic carbocycles. The molecule has 1 aliphatic heterocycles. The highest BCUT2D eigenvalue weighted by Crippen LogP contribution is 2.33. The van der Waals surface area contributed by atoms with Crippen molar-refractivity contribution in [2.24, 2.45) is 0 Å². The average Bonchev–Trinajstić information content (AvgIpc) is 2.73. The SMILES string of the molecule is CC(C)(C(=O)Nc1cccc(C(F)(F)F)c1)N1COC(CF)=C(c2ccccc2)C1=O. The van der Waals surface area contributed by atoms with Crippen LogP contribution in [-0.2, 0) is 20.5 Å². The van der Waals surface area contributed by atoms with E-state index in [0.29, 0.717) is 5.56 Å². The van der Waals surface area contributed by atoms with E-state index < -0.39 is 35.8 Å². The van der Waals surface area contributed by atoms with Gasteiger partial charge in [-0.25, -0.2) is 4.39 Å². The third-order valence-corrected chi connectivity index (χ3v) is 4.97. The second-order valence-electron chi connectivity index (χ2n) is 7.40. The van der Waals surface area contributed by atoms with Crippen molar-refractivity contribution in [3.05, 3.63) is 71.5 Å². The van der Waals surface area contributed by atoms with E-state index in [4.69, 9.17) is 4.74 Å². The summed E-state index contributed by atoms with van der Waals surface area (Å²) in [5.74, 6) is -1.48. The predicted octanol–water partition coefficient (Wildman–Crippen LogP) is 4.62. The smallest absolute Gasteiger partial charge is 0.416 e. The van der Waals surface area contributed by atoms with E-state index in [1.165, 1.54) is 26.0 Å². The zero-order valence-electron chi connectivity index (χ0n) is 16.8. The number of nitrogens with one attached hydrogen (secondary N) is 1. The molecule has 0 saturated heterocycles. The number of nitrogens with zero attached hydrogens (tertiary/aromatic N) is 1. The van der Waals surface area contributed by atoms with Crippen LogP contribution in [0, 0.1) is 0 Å².